The van der Waals surface area contributed by atoms with Crippen molar-refractivity contribution in [2.45, 2.75) is 0 Å². The summed E-state index contributed by atoms with van der Waals surface area (Å²) in [6, 6.07) is 34.2. The van der Waals surface area contributed by atoms with Crippen LogP contribution in [0.1, 0.15) is 0 Å². The molecule has 0 fully saturated rings. The van der Waals surface area contributed by atoms with Crippen molar-refractivity contribution in [1.82, 2.24) is 27.8 Å². The lowest BCUT2D eigenvalue weighted by molar-refractivity contribution is 0.474. The largest absolute Gasteiger partial charge is 0.508 e. The minimum absolute atomic E-state index is 0.252. The van der Waals surface area contributed by atoms with Crippen LogP contribution >= 0.6 is 23.1 Å². The molecule has 0 bridgehead atoms. The van der Waals surface area contributed by atoms with Crippen LogP contribution in [0.2, 0.25) is 0 Å². The van der Waals surface area contributed by atoms with Gasteiger partial charge < -0.3 is 10.2 Å². The van der Waals surface area contributed by atoms with Gasteiger partial charge in [-0.3, -0.25) is 9.13 Å². The Morgan fingerprint density at radius 1 is 0.476 bits per heavy atom. The minimum atomic E-state index is 0.252. The number of hydrogen-bond donors (Lipinski definition) is 2. The number of imidazole rings is 2. The van der Waals surface area contributed by atoms with Crippen LogP contribution in [0.25, 0.3) is 54.8 Å². The molecule has 0 amide bonds. The molecule has 2 N–H and O–H groups in total. The van der Waals surface area contributed by atoms with Gasteiger partial charge in [-0.15, -0.1) is 0 Å². The Hall–Kier alpha value is -5.32. The Morgan fingerprint density at radius 3 is 1.26 bits per heavy atom. The van der Waals surface area contributed by atoms with Crippen LogP contribution in [-0.4, -0.2) is 38.1 Å². The number of para-hydroxylation sites is 4. The lowest BCUT2D eigenvalue weighted by Gasteiger charge is -2.08. The molecule has 8 nitrogen and oxygen atoms in total. The molecule has 0 aliphatic rings. The predicted molar refractivity (Wildman–Crippen MR) is 168 cm³/mol. The summed E-state index contributed by atoms with van der Waals surface area (Å²) in [7, 11) is 0. The first-order chi connectivity index (χ1) is 20.7. The third kappa shape index (κ3) is 4.78. The van der Waals surface area contributed by atoms with Crippen molar-refractivity contribution < 1.29 is 10.2 Å². The number of benzene rings is 4. The standard InChI is InChI=1S/2C16H11N3OS/c2*20-12-7-5-11(6-8-12)19-14-4-2-1-3-13(14)18-16(19)15-9-10-17-21-15/h2*1-10,20H. The summed E-state index contributed by atoms with van der Waals surface area (Å²) in [5, 5.41) is 19.0. The zero-order chi connectivity index (χ0) is 28.5. The molecule has 10 heteroatoms. The average Bonchev–Trinajstić information content (AvgIpc) is 3.83. The number of nitrogens with zero attached hydrogens (tertiary/aromatic N) is 6. The maximum absolute atomic E-state index is 9.49. The monoisotopic (exact) mass is 586 g/mol. The molecular weight excluding hydrogens is 565 g/mol. The summed E-state index contributed by atoms with van der Waals surface area (Å²) >= 11 is 2.84. The van der Waals surface area contributed by atoms with Gasteiger partial charge in [0.05, 0.1) is 31.8 Å². The van der Waals surface area contributed by atoms with Crippen molar-refractivity contribution in [2.24, 2.45) is 0 Å². The van der Waals surface area contributed by atoms with E-state index in [2.05, 4.69) is 17.9 Å². The molecule has 8 aromatic rings. The van der Waals surface area contributed by atoms with Gasteiger partial charge in [-0.05, 0) is 108 Å². The average molecular weight is 587 g/mol. The molecule has 0 saturated heterocycles. The molecule has 0 atom stereocenters. The van der Waals surface area contributed by atoms with Gasteiger partial charge in [-0.1, -0.05) is 24.3 Å². The number of hydrogen-bond acceptors (Lipinski definition) is 8. The number of aromatic hydroxyl groups is 2. The highest BCUT2D eigenvalue weighted by molar-refractivity contribution is 7.09. The Balaban J connectivity index is 0.000000137. The molecule has 204 valence electrons. The second-order valence-electron chi connectivity index (χ2n) is 9.31. The Labute approximate surface area is 248 Å². The van der Waals surface area contributed by atoms with E-state index in [9.17, 15) is 10.2 Å². The number of rotatable bonds is 4. The molecule has 0 aliphatic carbocycles. The normalized spacial score (nSPS) is 11.0. The summed E-state index contributed by atoms with van der Waals surface area (Å²) < 4.78 is 12.5. The molecule has 4 heterocycles. The molecule has 0 saturated carbocycles. The van der Waals surface area contributed by atoms with E-state index in [0.717, 1.165) is 54.8 Å². The molecule has 4 aromatic carbocycles. The van der Waals surface area contributed by atoms with E-state index >= 15 is 0 Å². The lowest BCUT2D eigenvalue weighted by atomic mass is 10.2. The first-order valence-corrected chi connectivity index (χ1v) is 14.6. The van der Waals surface area contributed by atoms with Gasteiger partial charge in [-0.2, -0.15) is 0 Å². The summed E-state index contributed by atoms with van der Waals surface area (Å²) in [5.74, 6) is 2.24. The van der Waals surface area contributed by atoms with E-state index in [1.807, 2.05) is 84.9 Å². The van der Waals surface area contributed by atoms with Crippen molar-refractivity contribution in [3.63, 3.8) is 0 Å². The second kappa shape index (κ2) is 10.9. The molecule has 8 rings (SSSR count). The molecule has 0 unspecified atom stereocenters. The number of phenolic OH excluding ortho intramolecular Hbond substituents is 2. The van der Waals surface area contributed by atoms with Crippen LogP contribution in [0.15, 0.2) is 122 Å². The maximum atomic E-state index is 9.49. The van der Waals surface area contributed by atoms with Crippen molar-refractivity contribution >= 4 is 45.1 Å². The van der Waals surface area contributed by atoms with E-state index in [1.54, 1.807) is 36.7 Å². The van der Waals surface area contributed by atoms with E-state index in [1.165, 1.54) is 23.1 Å². The van der Waals surface area contributed by atoms with Gasteiger partial charge >= 0.3 is 0 Å². The second-order valence-corrected chi connectivity index (χ2v) is 11.0. The van der Waals surface area contributed by atoms with Crippen LogP contribution in [0.5, 0.6) is 11.5 Å². The molecule has 4 aromatic heterocycles. The smallest absolute Gasteiger partial charge is 0.157 e. The van der Waals surface area contributed by atoms with Gasteiger partial charge in [0.15, 0.2) is 11.6 Å². The summed E-state index contributed by atoms with van der Waals surface area (Å²) in [6.45, 7) is 0. The predicted octanol–water partition coefficient (Wildman–Crippen LogP) is 7.71. The van der Waals surface area contributed by atoms with Gasteiger partial charge in [0.1, 0.15) is 11.5 Å². The van der Waals surface area contributed by atoms with Crippen LogP contribution in [-0.2, 0) is 0 Å². The quantitative estimate of drug-likeness (QED) is 0.219. The molecule has 0 radical (unpaired) electrons. The van der Waals surface area contributed by atoms with Gasteiger partial charge in [0.25, 0.3) is 0 Å². The molecule has 0 spiro atoms. The van der Waals surface area contributed by atoms with Crippen molar-refractivity contribution in [3.8, 4) is 44.3 Å². The van der Waals surface area contributed by atoms with E-state index < -0.39 is 0 Å². The number of phenols is 2. The van der Waals surface area contributed by atoms with Crippen molar-refractivity contribution in [3.05, 3.63) is 122 Å². The highest BCUT2D eigenvalue weighted by Crippen LogP contribution is 2.32. The molecule has 42 heavy (non-hydrogen) atoms. The topological polar surface area (TPSA) is 102 Å². The summed E-state index contributed by atoms with van der Waals surface area (Å²) in [5.41, 5.74) is 5.87. The molecular formula is C32H22N6O2S2. The third-order valence-electron chi connectivity index (χ3n) is 6.65. The number of fused-ring (bicyclic) bond motifs is 2. The molecule has 0 aliphatic heterocycles. The van der Waals surface area contributed by atoms with Crippen LogP contribution < -0.4 is 0 Å². The SMILES string of the molecule is Oc1ccc(-n2c(-c3ccns3)nc3ccccc32)cc1.Oc1ccc(-n2c(-c3ccns3)nc3ccccc32)cc1. The third-order valence-corrected chi connectivity index (χ3v) is 8.14. The highest BCUT2D eigenvalue weighted by Gasteiger charge is 2.16. The zero-order valence-corrected chi connectivity index (χ0v) is 23.6. The van der Waals surface area contributed by atoms with Crippen molar-refractivity contribution in [1.29, 1.82) is 0 Å². The van der Waals surface area contributed by atoms with Crippen molar-refractivity contribution in [2.75, 3.05) is 0 Å². The van der Waals surface area contributed by atoms with E-state index in [4.69, 9.17) is 9.97 Å². The summed E-state index contributed by atoms with van der Waals surface area (Å²) in [4.78, 5) is 11.5. The van der Waals surface area contributed by atoms with E-state index in [-0.39, 0.29) is 11.5 Å². The Bertz CT molecular complexity index is 1940. The first kappa shape index (κ1) is 25.6. The fourth-order valence-electron chi connectivity index (χ4n) is 4.77. The van der Waals surface area contributed by atoms with Crippen LogP contribution in [0.4, 0.5) is 0 Å². The van der Waals surface area contributed by atoms with Gasteiger partial charge in [-0.25, -0.2) is 18.7 Å². The minimum Gasteiger partial charge on any atom is -0.508 e. The van der Waals surface area contributed by atoms with Crippen LogP contribution in [0.3, 0.4) is 0 Å². The lowest BCUT2D eigenvalue weighted by Crippen LogP contribution is -1.96. The Kier molecular flexibility index (Phi) is 6.67. The summed E-state index contributed by atoms with van der Waals surface area (Å²) in [6.07, 6.45) is 3.56. The zero-order valence-electron chi connectivity index (χ0n) is 21.9. The van der Waals surface area contributed by atoms with Crippen LogP contribution in [0, 0.1) is 0 Å². The fourth-order valence-corrected chi connectivity index (χ4v) is 5.92. The van der Waals surface area contributed by atoms with Gasteiger partial charge in [0, 0.05) is 23.8 Å². The van der Waals surface area contributed by atoms with E-state index in [0.29, 0.717) is 0 Å². The fraction of sp³-hybridized carbons (Fsp3) is 0. The highest BCUT2D eigenvalue weighted by atomic mass is 32.1. The first-order valence-electron chi connectivity index (χ1n) is 13.0. The Morgan fingerprint density at radius 2 is 0.881 bits per heavy atom. The maximum Gasteiger partial charge on any atom is 0.157 e. The number of aromatic nitrogens is 6. The van der Waals surface area contributed by atoms with Gasteiger partial charge in [0.2, 0.25) is 0 Å².